The molecule has 0 heterocycles. The molecule has 2 heteroatoms. The standard InChI is InChI=1S/C54H100O2/c1-3-5-7-9-11-13-15-17-19-21-22-23-24-25-26-27-28-29-30-31-32-33-34-35-36-38-40-42-44-46-48-50-52-53(54(55)56)51-49-47-45-43-41-39-37-20-18-16-14-12-10-8-6-4-2/h12,14,18,20,39,41,45,47,53H,3-11,13,15-17,19,21-38,40,42-44,46,48-52H2,1-2H3,(H,55,56)/b14-12-,20-18-,41-39-,47-45-. The Balaban J connectivity index is 3.39. The maximum absolute atomic E-state index is 11.7. The number of carbonyl (C=O) groups is 1. The number of carboxylic acid groups (broad SMARTS) is 1. The minimum absolute atomic E-state index is 0.186. The van der Waals surface area contributed by atoms with E-state index in [1.165, 1.54) is 225 Å². The quantitative estimate of drug-likeness (QED) is 0.0493. The smallest absolute Gasteiger partial charge is 0.306 e. The van der Waals surface area contributed by atoms with Crippen LogP contribution in [0.1, 0.15) is 284 Å². The Morgan fingerprint density at radius 1 is 0.321 bits per heavy atom. The summed E-state index contributed by atoms with van der Waals surface area (Å²) in [5.41, 5.74) is 0. The van der Waals surface area contributed by atoms with Crippen LogP contribution in [0, 0.1) is 5.92 Å². The molecule has 0 bridgehead atoms. The molecule has 0 aliphatic rings. The van der Waals surface area contributed by atoms with E-state index >= 15 is 0 Å². The second kappa shape index (κ2) is 49.6. The second-order valence-electron chi connectivity index (χ2n) is 17.4. The summed E-state index contributed by atoms with van der Waals surface area (Å²) in [4.78, 5) is 11.7. The zero-order valence-corrected chi connectivity index (χ0v) is 38.3. The number of hydrogen-bond donors (Lipinski definition) is 1. The predicted octanol–water partition coefficient (Wildman–Crippen LogP) is 19.3. The highest BCUT2D eigenvalue weighted by Crippen LogP contribution is 2.20. The van der Waals surface area contributed by atoms with Gasteiger partial charge in [-0.1, -0.05) is 281 Å². The van der Waals surface area contributed by atoms with Gasteiger partial charge in [0.2, 0.25) is 0 Å². The average Bonchev–Trinajstić information content (AvgIpc) is 3.20. The van der Waals surface area contributed by atoms with E-state index in [0.717, 1.165) is 44.9 Å². The van der Waals surface area contributed by atoms with Crippen LogP contribution in [0.5, 0.6) is 0 Å². The molecule has 56 heavy (non-hydrogen) atoms. The van der Waals surface area contributed by atoms with E-state index in [9.17, 15) is 9.90 Å². The van der Waals surface area contributed by atoms with Crippen molar-refractivity contribution < 1.29 is 9.90 Å². The van der Waals surface area contributed by atoms with Crippen LogP contribution >= 0.6 is 0 Å². The Morgan fingerprint density at radius 3 is 0.875 bits per heavy atom. The van der Waals surface area contributed by atoms with Gasteiger partial charge in [-0.25, -0.2) is 0 Å². The Hall–Kier alpha value is -1.57. The number of hydrogen-bond acceptors (Lipinski definition) is 1. The van der Waals surface area contributed by atoms with Crippen molar-refractivity contribution in [3.63, 3.8) is 0 Å². The number of unbranched alkanes of at least 4 members (excludes halogenated alkanes) is 34. The monoisotopic (exact) mass is 781 g/mol. The maximum atomic E-state index is 11.7. The molecule has 0 saturated carbocycles. The van der Waals surface area contributed by atoms with Crippen molar-refractivity contribution in [3.05, 3.63) is 48.6 Å². The van der Waals surface area contributed by atoms with E-state index in [1.807, 2.05) is 0 Å². The molecule has 0 aromatic carbocycles. The molecule has 0 rings (SSSR count). The van der Waals surface area contributed by atoms with Gasteiger partial charge in [0.25, 0.3) is 0 Å². The Labute approximate surface area is 352 Å². The lowest BCUT2D eigenvalue weighted by atomic mass is 9.95. The van der Waals surface area contributed by atoms with Crippen molar-refractivity contribution in [2.45, 2.75) is 284 Å². The molecule has 0 aliphatic heterocycles. The molecule has 0 aromatic heterocycles. The summed E-state index contributed by atoms with van der Waals surface area (Å²) in [5, 5.41) is 9.67. The minimum atomic E-state index is -0.610. The van der Waals surface area contributed by atoms with E-state index in [4.69, 9.17) is 0 Å². The van der Waals surface area contributed by atoms with E-state index in [0.29, 0.717) is 0 Å². The Morgan fingerprint density at radius 2 is 0.571 bits per heavy atom. The number of allylic oxidation sites excluding steroid dienone is 8. The lowest BCUT2D eigenvalue weighted by molar-refractivity contribution is -0.142. The molecular weight excluding hydrogens is 681 g/mol. The maximum Gasteiger partial charge on any atom is 0.306 e. The van der Waals surface area contributed by atoms with Crippen LogP contribution in [0.3, 0.4) is 0 Å². The lowest BCUT2D eigenvalue weighted by Crippen LogP contribution is -2.13. The summed E-state index contributed by atoms with van der Waals surface area (Å²) in [6, 6.07) is 0. The minimum Gasteiger partial charge on any atom is -0.481 e. The molecule has 0 aliphatic carbocycles. The van der Waals surface area contributed by atoms with Gasteiger partial charge in [-0.3, -0.25) is 4.79 Å². The van der Waals surface area contributed by atoms with Crippen LogP contribution < -0.4 is 0 Å². The van der Waals surface area contributed by atoms with Gasteiger partial charge in [-0.05, 0) is 51.4 Å². The summed E-state index contributed by atoms with van der Waals surface area (Å²) in [5.74, 6) is -0.795. The van der Waals surface area contributed by atoms with Crippen molar-refractivity contribution in [1.29, 1.82) is 0 Å². The first-order chi connectivity index (χ1) is 27.7. The van der Waals surface area contributed by atoms with Gasteiger partial charge in [0.15, 0.2) is 0 Å². The summed E-state index contributed by atoms with van der Waals surface area (Å²) < 4.78 is 0. The molecule has 0 amide bonds. The number of rotatable bonds is 47. The topological polar surface area (TPSA) is 37.3 Å². The van der Waals surface area contributed by atoms with Gasteiger partial charge in [-0.2, -0.15) is 0 Å². The van der Waals surface area contributed by atoms with Gasteiger partial charge < -0.3 is 5.11 Å². The van der Waals surface area contributed by atoms with Gasteiger partial charge in [0.05, 0.1) is 5.92 Å². The number of carboxylic acids is 1. The van der Waals surface area contributed by atoms with E-state index in [-0.39, 0.29) is 5.92 Å². The molecule has 0 spiro atoms. The average molecular weight is 781 g/mol. The fraction of sp³-hybridized carbons (Fsp3) is 0.833. The largest absolute Gasteiger partial charge is 0.481 e. The van der Waals surface area contributed by atoms with Crippen LogP contribution in [-0.2, 0) is 4.79 Å². The van der Waals surface area contributed by atoms with E-state index < -0.39 is 5.97 Å². The van der Waals surface area contributed by atoms with Gasteiger partial charge in [-0.15, -0.1) is 0 Å². The number of aliphatic carboxylic acids is 1. The van der Waals surface area contributed by atoms with Crippen molar-refractivity contribution in [3.8, 4) is 0 Å². The zero-order chi connectivity index (χ0) is 40.5. The van der Waals surface area contributed by atoms with Crippen LogP contribution in [0.15, 0.2) is 48.6 Å². The zero-order valence-electron chi connectivity index (χ0n) is 38.3. The van der Waals surface area contributed by atoms with Crippen LogP contribution in [0.25, 0.3) is 0 Å². The lowest BCUT2D eigenvalue weighted by Gasteiger charge is -2.10. The molecule has 0 fully saturated rings. The molecule has 2 nitrogen and oxygen atoms in total. The van der Waals surface area contributed by atoms with Crippen molar-refractivity contribution >= 4 is 5.97 Å². The van der Waals surface area contributed by atoms with Crippen LogP contribution in [-0.4, -0.2) is 11.1 Å². The summed E-state index contributed by atoms with van der Waals surface area (Å²) in [6.45, 7) is 4.55. The molecule has 1 unspecified atom stereocenters. The highest BCUT2D eigenvalue weighted by atomic mass is 16.4. The van der Waals surface area contributed by atoms with Crippen molar-refractivity contribution in [2.24, 2.45) is 5.92 Å². The fourth-order valence-corrected chi connectivity index (χ4v) is 8.02. The summed E-state index contributed by atoms with van der Waals surface area (Å²) >= 11 is 0. The van der Waals surface area contributed by atoms with Crippen LogP contribution in [0.4, 0.5) is 0 Å². The van der Waals surface area contributed by atoms with Crippen LogP contribution in [0.2, 0.25) is 0 Å². The predicted molar refractivity (Wildman–Crippen MR) is 253 cm³/mol. The Bertz CT molecular complexity index is 866. The van der Waals surface area contributed by atoms with E-state index in [1.54, 1.807) is 0 Å². The van der Waals surface area contributed by atoms with Crippen molar-refractivity contribution in [1.82, 2.24) is 0 Å². The van der Waals surface area contributed by atoms with Gasteiger partial charge in [0, 0.05) is 0 Å². The van der Waals surface area contributed by atoms with E-state index in [2.05, 4.69) is 62.5 Å². The highest BCUT2D eigenvalue weighted by Gasteiger charge is 2.15. The van der Waals surface area contributed by atoms with Gasteiger partial charge >= 0.3 is 5.97 Å². The molecule has 0 saturated heterocycles. The van der Waals surface area contributed by atoms with Gasteiger partial charge in [0.1, 0.15) is 0 Å². The molecule has 1 atom stereocenters. The summed E-state index contributed by atoms with van der Waals surface area (Å²) in [7, 11) is 0. The third-order valence-corrected chi connectivity index (χ3v) is 11.9. The second-order valence-corrected chi connectivity index (χ2v) is 17.4. The first-order valence-corrected chi connectivity index (χ1v) is 25.5. The molecule has 1 N–H and O–H groups in total. The summed E-state index contributed by atoms with van der Waals surface area (Å²) in [6.07, 6.45) is 73.8. The first-order valence-electron chi connectivity index (χ1n) is 25.5. The normalized spacial score (nSPS) is 12.8. The third-order valence-electron chi connectivity index (χ3n) is 11.9. The SMILES string of the molecule is CCCCC/C=C\C/C=C\C/C=C\C/C=C\CCC(CCCCCCCCCCCCCCCCCCCCCCCCCCCCCCCCCC)C(=O)O. The Kier molecular flexibility index (Phi) is 48.2. The van der Waals surface area contributed by atoms with Crippen molar-refractivity contribution in [2.75, 3.05) is 0 Å². The molecule has 0 aromatic rings. The highest BCUT2D eigenvalue weighted by molar-refractivity contribution is 5.69. The first kappa shape index (κ1) is 54.4. The fourth-order valence-electron chi connectivity index (χ4n) is 8.02. The molecule has 328 valence electrons. The molecular formula is C54H100O2. The third kappa shape index (κ3) is 46.8. The molecule has 0 radical (unpaired) electrons.